The molecule has 1 aliphatic heterocycles. The quantitative estimate of drug-likeness (QED) is 0.165. The van der Waals surface area contributed by atoms with Crippen LogP contribution >= 0.6 is 0 Å². The highest BCUT2D eigenvalue weighted by atomic mass is 32.2. The van der Waals surface area contributed by atoms with Crippen LogP contribution in [0.2, 0.25) is 0 Å². The van der Waals surface area contributed by atoms with Gasteiger partial charge in [0.2, 0.25) is 15.9 Å². The highest BCUT2D eigenvalue weighted by Crippen LogP contribution is 2.50. The maximum absolute atomic E-state index is 14.1. The summed E-state index contributed by atoms with van der Waals surface area (Å²) in [5.41, 5.74) is 0.578. The summed E-state index contributed by atoms with van der Waals surface area (Å²) in [5.74, 6) is -1.27. The van der Waals surface area contributed by atoms with E-state index in [0.29, 0.717) is 25.9 Å². The van der Waals surface area contributed by atoms with E-state index in [1.165, 1.54) is 16.4 Å². The molecular formula is C36H48N2O6S. The van der Waals surface area contributed by atoms with Gasteiger partial charge in [-0.15, -0.1) is 13.2 Å². The second-order valence-corrected chi connectivity index (χ2v) is 14.5. The van der Waals surface area contributed by atoms with Crippen LogP contribution in [0.3, 0.4) is 0 Å². The van der Waals surface area contributed by atoms with Crippen LogP contribution in [0.15, 0.2) is 84.8 Å². The molecule has 4 rings (SSSR count). The molecule has 1 N–H and O–H groups in total. The molecule has 8 nitrogen and oxygen atoms in total. The topological polar surface area (TPSA) is 104 Å². The van der Waals surface area contributed by atoms with Crippen LogP contribution in [0.5, 0.6) is 5.75 Å². The number of rotatable bonds is 18. The number of sulfonamides is 1. The van der Waals surface area contributed by atoms with Crippen molar-refractivity contribution in [1.82, 2.24) is 9.21 Å². The maximum Gasteiger partial charge on any atom is 0.243 e. The number of unbranched alkanes of at least 4 members (excludes halogenated alkanes) is 4. The fraction of sp³-hybridized carbons (Fsp3) is 0.500. The highest BCUT2D eigenvalue weighted by molar-refractivity contribution is 7.89. The Bertz CT molecular complexity index is 1410. The lowest BCUT2D eigenvalue weighted by atomic mass is 9.58. The van der Waals surface area contributed by atoms with Gasteiger partial charge in [-0.25, -0.2) is 8.42 Å². The van der Waals surface area contributed by atoms with Gasteiger partial charge in [-0.3, -0.25) is 9.59 Å². The summed E-state index contributed by atoms with van der Waals surface area (Å²) in [6.45, 7) is 8.38. The van der Waals surface area contributed by atoms with Crippen LogP contribution in [0.25, 0.3) is 0 Å². The van der Waals surface area contributed by atoms with Crippen molar-refractivity contribution in [3.63, 3.8) is 0 Å². The molecule has 4 atom stereocenters. The van der Waals surface area contributed by atoms with Gasteiger partial charge >= 0.3 is 0 Å². The smallest absolute Gasteiger partial charge is 0.243 e. The van der Waals surface area contributed by atoms with Crippen LogP contribution in [0.4, 0.5) is 0 Å². The van der Waals surface area contributed by atoms with Crippen molar-refractivity contribution in [2.45, 2.75) is 75.3 Å². The number of Topliss-reactive ketones (excluding diaryl/α,β-unsaturated/α-hetero) is 1. The third-order valence-electron chi connectivity index (χ3n) is 9.31. The Morgan fingerprint density at radius 1 is 1.02 bits per heavy atom. The molecule has 1 heterocycles. The molecule has 2 aromatic rings. The number of hydrogen-bond acceptors (Lipinski definition) is 6. The summed E-state index contributed by atoms with van der Waals surface area (Å²) in [4.78, 5) is 29.9. The molecule has 45 heavy (non-hydrogen) atoms. The van der Waals surface area contributed by atoms with E-state index < -0.39 is 28.0 Å². The van der Waals surface area contributed by atoms with Gasteiger partial charge in [-0.1, -0.05) is 48.9 Å². The van der Waals surface area contributed by atoms with Crippen molar-refractivity contribution < 1.29 is 27.9 Å². The standard InChI is InChI=1S/C36H48N2O6S/c1-4-6-8-13-21-36-23-31(35(41)37(27-36)25-28-17-19-29(44-3)20-18-28)34(32(39)24-36)33(40)26-38(22-14-9-7-5-2)45(42,43)30-15-11-10-12-16-30/h4-5,10-12,15-20,31,33-34,40H,1-2,6-9,13-14,21-27H2,3H3/t31?,33-,34?,36?/m0/s1. The van der Waals surface area contributed by atoms with Crippen LogP contribution in [0, 0.1) is 17.3 Å². The van der Waals surface area contributed by atoms with Crippen LogP contribution in [-0.2, 0) is 26.2 Å². The SMILES string of the molecule is C=CCCCCN(C[C@H](O)C1C(=O)CC2(CCCCC=C)CC1C(=O)N(Cc1ccc(OC)cc1)C2)S(=O)(=O)c1ccccc1. The maximum atomic E-state index is 14.1. The zero-order valence-corrected chi connectivity index (χ0v) is 27.3. The number of aliphatic hydroxyl groups excluding tert-OH is 1. The minimum Gasteiger partial charge on any atom is -0.497 e. The number of hydrogen-bond donors (Lipinski definition) is 1. The number of piperidine rings is 1. The normalized spacial score (nSPS) is 22.3. The molecule has 1 aliphatic carbocycles. The minimum atomic E-state index is -3.94. The predicted molar refractivity (Wildman–Crippen MR) is 176 cm³/mol. The van der Waals surface area contributed by atoms with Gasteiger partial charge in [-0.2, -0.15) is 4.31 Å². The Morgan fingerprint density at radius 3 is 2.33 bits per heavy atom. The van der Waals surface area contributed by atoms with Crippen LogP contribution in [0.1, 0.15) is 63.4 Å². The Balaban J connectivity index is 1.60. The number of methoxy groups -OCH3 is 1. The van der Waals surface area contributed by atoms with Crippen molar-refractivity contribution in [2.75, 3.05) is 26.7 Å². The van der Waals surface area contributed by atoms with E-state index in [1.54, 1.807) is 31.4 Å². The number of aliphatic hydroxyl groups is 1. The Hall–Kier alpha value is -3.27. The largest absolute Gasteiger partial charge is 0.497 e. The van der Waals surface area contributed by atoms with E-state index in [0.717, 1.165) is 49.8 Å². The number of carbonyl (C=O) groups is 2. The second kappa shape index (κ2) is 15.8. The molecule has 0 spiro atoms. The molecule has 9 heteroatoms. The van der Waals surface area contributed by atoms with Crippen molar-refractivity contribution in [3.8, 4) is 5.75 Å². The van der Waals surface area contributed by atoms with Crippen molar-refractivity contribution >= 4 is 21.7 Å². The number of likely N-dealkylation sites (tertiary alicyclic amines) is 1. The molecule has 2 aromatic carbocycles. The molecule has 0 radical (unpaired) electrons. The van der Waals surface area contributed by atoms with E-state index in [-0.39, 0.29) is 41.5 Å². The number of nitrogens with zero attached hydrogens (tertiary/aromatic N) is 2. The zero-order valence-electron chi connectivity index (χ0n) is 26.5. The van der Waals surface area contributed by atoms with Crippen LogP contribution in [-0.4, -0.2) is 67.3 Å². The number of ketones is 1. The number of ether oxygens (including phenoxy) is 1. The van der Waals surface area contributed by atoms with E-state index in [9.17, 15) is 23.1 Å². The van der Waals surface area contributed by atoms with Crippen molar-refractivity contribution in [2.24, 2.45) is 17.3 Å². The van der Waals surface area contributed by atoms with Gasteiger partial charge in [0.1, 0.15) is 11.5 Å². The molecule has 1 saturated carbocycles. The van der Waals surface area contributed by atoms with Gasteiger partial charge in [0, 0.05) is 32.6 Å². The lowest BCUT2D eigenvalue weighted by Crippen LogP contribution is -2.60. The van der Waals surface area contributed by atoms with E-state index >= 15 is 0 Å². The van der Waals surface area contributed by atoms with Gasteiger partial charge in [0.25, 0.3) is 0 Å². The molecule has 2 bridgehead atoms. The average Bonchev–Trinajstić information content (AvgIpc) is 3.04. The lowest BCUT2D eigenvalue weighted by Gasteiger charge is -2.52. The van der Waals surface area contributed by atoms with Gasteiger partial charge in [-0.05, 0) is 80.2 Å². The lowest BCUT2D eigenvalue weighted by molar-refractivity contribution is -0.164. The first-order valence-corrected chi connectivity index (χ1v) is 17.5. The van der Waals surface area contributed by atoms with E-state index in [4.69, 9.17) is 4.74 Å². The Labute approximate surface area is 268 Å². The Kier molecular flexibility index (Phi) is 12.2. The van der Waals surface area contributed by atoms with Gasteiger partial charge in [0.05, 0.1) is 29.9 Å². The van der Waals surface area contributed by atoms with Crippen molar-refractivity contribution in [3.05, 3.63) is 85.5 Å². The number of amides is 1. The first-order valence-electron chi connectivity index (χ1n) is 16.0. The summed E-state index contributed by atoms with van der Waals surface area (Å²) in [7, 11) is -2.33. The van der Waals surface area contributed by atoms with E-state index in [2.05, 4.69) is 13.2 Å². The monoisotopic (exact) mass is 636 g/mol. The minimum absolute atomic E-state index is 0.133. The summed E-state index contributed by atoms with van der Waals surface area (Å²) in [5, 5.41) is 11.7. The third-order valence-corrected chi connectivity index (χ3v) is 11.2. The number of fused-ring (bicyclic) bond motifs is 2. The van der Waals surface area contributed by atoms with Crippen molar-refractivity contribution in [1.29, 1.82) is 0 Å². The number of allylic oxidation sites excluding steroid dienone is 2. The summed E-state index contributed by atoms with van der Waals surface area (Å²) in [6, 6.07) is 15.7. The third kappa shape index (κ3) is 8.51. The first kappa shape index (κ1) is 34.6. The average molecular weight is 637 g/mol. The number of carbonyl (C=O) groups excluding carboxylic acids is 2. The van der Waals surface area contributed by atoms with E-state index in [1.807, 2.05) is 35.2 Å². The highest BCUT2D eigenvalue weighted by Gasteiger charge is 2.55. The zero-order chi connectivity index (χ0) is 32.5. The molecule has 1 saturated heterocycles. The Morgan fingerprint density at radius 2 is 1.69 bits per heavy atom. The summed E-state index contributed by atoms with van der Waals surface area (Å²) in [6.07, 6.45) is 8.79. The molecular weight excluding hydrogens is 588 g/mol. The molecule has 2 aliphatic rings. The first-order chi connectivity index (χ1) is 21.6. The molecule has 244 valence electrons. The summed E-state index contributed by atoms with van der Waals surface area (Å²) < 4.78 is 34.0. The van der Waals surface area contributed by atoms with Gasteiger partial charge < -0.3 is 14.7 Å². The second-order valence-electron chi connectivity index (χ2n) is 12.6. The summed E-state index contributed by atoms with van der Waals surface area (Å²) >= 11 is 0. The fourth-order valence-corrected chi connectivity index (χ4v) is 8.55. The molecule has 3 unspecified atom stereocenters. The number of benzene rings is 2. The van der Waals surface area contributed by atoms with Crippen LogP contribution < -0.4 is 4.74 Å². The fourth-order valence-electron chi connectivity index (χ4n) is 7.03. The molecule has 2 fully saturated rings. The predicted octanol–water partition coefficient (Wildman–Crippen LogP) is 5.77. The molecule has 0 aromatic heterocycles. The molecule has 1 amide bonds. The van der Waals surface area contributed by atoms with Gasteiger partial charge in [0.15, 0.2) is 0 Å².